The van der Waals surface area contributed by atoms with Crippen LogP contribution in [0.3, 0.4) is 0 Å². The molecular weight excluding hydrogens is 272 g/mol. The number of nitrogens with zero attached hydrogens (tertiary/aromatic N) is 3. The first-order valence-corrected chi connectivity index (χ1v) is 6.94. The number of hydrogen-bond acceptors (Lipinski definition) is 3. The van der Waals surface area contributed by atoms with Crippen molar-refractivity contribution in [3.05, 3.63) is 54.2 Å². The zero-order valence-corrected chi connectivity index (χ0v) is 11.7. The van der Waals surface area contributed by atoms with Crippen molar-refractivity contribution >= 4 is 28.2 Å². The molecule has 102 valence electrons. The van der Waals surface area contributed by atoms with E-state index in [1.54, 1.807) is 12.4 Å². The van der Waals surface area contributed by atoms with Gasteiger partial charge >= 0.3 is 0 Å². The maximum Gasteiger partial charge on any atom is 0.0945 e. The van der Waals surface area contributed by atoms with Crippen molar-refractivity contribution in [1.82, 2.24) is 14.5 Å². The van der Waals surface area contributed by atoms with E-state index in [1.807, 2.05) is 36.8 Å². The first kappa shape index (κ1) is 12.9. The zero-order valence-electron chi connectivity index (χ0n) is 11.0. The van der Waals surface area contributed by atoms with Crippen molar-refractivity contribution in [3.63, 3.8) is 0 Å². The van der Waals surface area contributed by atoms with E-state index in [4.69, 9.17) is 11.6 Å². The predicted molar refractivity (Wildman–Crippen MR) is 82.1 cm³/mol. The molecule has 0 saturated heterocycles. The highest BCUT2D eigenvalue weighted by Crippen LogP contribution is 2.24. The molecular formula is C15H15ClN4. The molecule has 3 aromatic rings. The van der Waals surface area contributed by atoms with Crippen LogP contribution in [0.2, 0.25) is 5.02 Å². The number of anilines is 1. The fourth-order valence-electron chi connectivity index (χ4n) is 2.18. The summed E-state index contributed by atoms with van der Waals surface area (Å²) in [5, 5.41) is 5.26. The van der Waals surface area contributed by atoms with Crippen LogP contribution in [0.5, 0.6) is 0 Å². The van der Waals surface area contributed by atoms with Crippen molar-refractivity contribution < 1.29 is 0 Å². The standard InChI is InChI=1S/C15H15ClN4/c16-12-2-3-13-14(4-6-19-15(13)10-12)18-5-1-8-20-9-7-17-11-20/h2-4,6-7,9-11H,1,5,8H2,(H,18,19). The average molecular weight is 287 g/mol. The molecule has 0 bridgehead atoms. The van der Waals surface area contributed by atoms with Crippen molar-refractivity contribution in [3.8, 4) is 0 Å². The SMILES string of the molecule is Clc1ccc2c(NCCCn3ccnc3)ccnc2c1. The minimum atomic E-state index is 0.710. The number of rotatable bonds is 5. The van der Waals surface area contributed by atoms with Gasteiger partial charge in [0, 0.05) is 47.8 Å². The van der Waals surface area contributed by atoms with Crippen LogP contribution in [0.25, 0.3) is 10.9 Å². The third-order valence-corrected chi connectivity index (χ3v) is 3.41. The van der Waals surface area contributed by atoms with Crippen LogP contribution in [0.4, 0.5) is 5.69 Å². The van der Waals surface area contributed by atoms with E-state index in [0.29, 0.717) is 5.02 Å². The normalized spacial score (nSPS) is 10.8. The molecule has 0 unspecified atom stereocenters. The van der Waals surface area contributed by atoms with Crippen LogP contribution < -0.4 is 5.32 Å². The molecule has 3 rings (SSSR count). The lowest BCUT2D eigenvalue weighted by Crippen LogP contribution is -2.06. The lowest BCUT2D eigenvalue weighted by molar-refractivity contribution is 0.661. The summed E-state index contributed by atoms with van der Waals surface area (Å²) in [7, 11) is 0. The maximum absolute atomic E-state index is 5.99. The molecule has 0 aliphatic rings. The smallest absolute Gasteiger partial charge is 0.0945 e. The highest BCUT2D eigenvalue weighted by molar-refractivity contribution is 6.31. The van der Waals surface area contributed by atoms with Gasteiger partial charge in [-0.25, -0.2) is 4.98 Å². The van der Waals surface area contributed by atoms with Gasteiger partial charge in [-0.2, -0.15) is 0 Å². The minimum absolute atomic E-state index is 0.710. The van der Waals surface area contributed by atoms with Gasteiger partial charge < -0.3 is 9.88 Å². The number of pyridine rings is 1. The summed E-state index contributed by atoms with van der Waals surface area (Å²) in [5.74, 6) is 0. The van der Waals surface area contributed by atoms with Gasteiger partial charge in [0.2, 0.25) is 0 Å². The number of benzene rings is 1. The summed E-state index contributed by atoms with van der Waals surface area (Å²) in [6.07, 6.45) is 8.45. The Morgan fingerprint density at radius 2 is 2.15 bits per heavy atom. The summed E-state index contributed by atoms with van der Waals surface area (Å²) in [5.41, 5.74) is 2.01. The predicted octanol–water partition coefficient (Wildman–Crippen LogP) is 3.59. The van der Waals surface area contributed by atoms with Gasteiger partial charge in [0.15, 0.2) is 0 Å². The number of imidazole rings is 1. The molecule has 5 heteroatoms. The maximum atomic E-state index is 5.99. The van der Waals surface area contributed by atoms with Gasteiger partial charge in [-0.3, -0.25) is 4.98 Å². The Labute approximate surface area is 122 Å². The highest BCUT2D eigenvalue weighted by Gasteiger charge is 2.02. The van der Waals surface area contributed by atoms with Gasteiger partial charge in [0.1, 0.15) is 0 Å². The highest BCUT2D eigenvalue weighted by atomic mass is 35.5. The minimum Gasteiger partial charge on any atom is -0.384 e. The van der Waals surface area contributed by atoms with Gasteiger partial charge in [-0.1, -0.05) is 11.6 Å². The lowest BCUT2D eigenvalue weighted by Gasteiger charge is -2.09. The van der Waals surface area contributed by atoms with Crippen LogP contribution in [0.15, 0.2) is 49.2 Å². The molecule has 2 heterocycles. The van der Waals surface area contributed by atoms with Crippen molar-refractivity contribution in [2.24, 2.45) is 0 Å². The molecule has 0 spiro atoms. The Balaban J connectivity index is 1.65. The molecule has 20 heavy (non-hydrogen) atoms. The second kappa shape index (κ2) is 5.92. The van der Waals surface area contributed by atoms with E-state index in [1.165, 1.54) is 0 Å². The fourth-order valence-corrected chi connectivity index (χ4v) is 2.35. The number of hydrogen-bond donors (Lipinski definition) is 1. The Kier molecular flexibility index (Phi) is 3.83. The number of fused-ring (bicyclic) bond motifs is 1. The van der Waals surface area contributed by atoms with E-state index in [2.05, 4.69) is 19.9 Å². The largest absolute Gasteiger partial charge is 0.384 e. The van der Waals surface area contributed by atoms with Crippen LogP contribution in [0.1, 0.15) is 6.42 Å². The Bertz CT molecular complexity index is 694. The van der Waals surface area contributed by atoms with Crippen molar-refractivity contribution in [1.29, 1.82) is 0 Å². The second-order valence-corrected chi connectivity index (χ2v) is 5.04. The van der Waals surface area contributed by atoms with Gasteiger partial charge in [0.05, 0.1) is 11.8 Å². The molecule has 4 nitrogen and oxygen atoms in total. The second-order valence-electron chi connectivity index (χ2n) is 4.60. The molecule has 2 aromatic heterocycles. The van der Waals surface area contributed by atoms with E-state index in [0.717, 1.165) is 36.1 Å². The molecule has 0 radical (unpaired) electrons. The van der Waals surface area contributed by atoms with E-state index >= 15 is 0 Å². The van der Waals surface area contributed by atoms with Crippen LogP contribution in [-0.2, 0) is 6.54 Å². The van der Waals surface area contributed by atoms with Gasteiger partial charge in [0.25, 0.3) is 0 Å². The summed E-state index contributed by atoms with van der Waals surface area (Å²) >= 11 is 5.99. The monoisotopic (exact) mass is 286 g/mol. The fraction of sp³-hybridized carbons (Fsp3) is 0.200. The lowest BCUT2D eigenvalue weighted by atomic mass is 10.2. The summed E-state index contributed by atoms with van der Waals surface area (Å²) < 4.78 is 2.08. The molecule has 0 aliphatic heterocycles. The van der Waals surface area contributed by atoms with Crippen molar-refractivity contribution in [2.75, 3.05) is 11.9 Å². The van der Waals surface area contributed by atoms with Crippen molar-refractivity contribution in [2.45, 2.75) is 13.0 Å². The average Bonchev–Trinajstić information content (AvgIpc) is 2.96. The molecule has 0 fully saturated rings. The third kappa shape index (κ3) is 2.91. The van der Waals surface area contributed by atoms with E-state index < -0.39 is 0 Å². The van der Waals surface area contributed by atoms with E-state index in [9.17, 15) is 0 Å². The van der Waals surface area contributed by atoms with Gasteiger partial charge in [-0.05, 0) is 30.7 Å². The number of halogens is 1. The molecule has 0 amide bonds. The third-order valence-electron chi connectivity index (χ3n) is 3.17. The first-order chi connectivity index (χ1) is 9.83. The van der Waals surface area contributed by atoms with Crippen LogP contribution in [0, 0.1) is 0 Å². The first-order valence-electron chi connectivity index (χ1n) is 6.57. The Hall–Kier alpha value is -2.07. The van der Waals surface area contributed by atoms with E-state index in [-0.39, 0.29) is 0 Å². The summed E-state index contributed by atoms with van der Waals surface area (Å²) in [6.45, 7) is 1.86. The Morgan fingerprint density at radius 1 is 1.20 bits per heavy atom. The topological polar surface area (TPSA) is 42.7 Å². The number of aromatic nitrogens is 3. The van der Waals surface area contributed by atoms with Crippen LogP contribution >= 0.6 is 11.6 Å². The molecule has 0 saturated carbocycles. The Morgan fingerprint density at radius 3 is 3.00 bits per heavy atom. The zero-order chi connectivity index (χ0) is 13.8. The quantitative estimate of drug-likeness (QED) is 0.729. The van der Waals surface area contributed by atoms with Crippen LogP contribution in [-0.4, -0.2) is 21.1 Å². The molecule has 1 N–H and O–H groups in total. The molecule has 0 atom stereocenters. The molecule has 1 aromatic carbocycles. The number of aryl methyl sites for hydroxylation is 1. The summed E-state index contributed by atoms with van der Waals surface area (Å²) in [4.78, 5) is 8.36. The van der Waals surface area contributed by atoms with Gasteiger partial charge in [-0.15, -0.1) is 0 Å². The summed E-state index contributed by atoms with van der Waals surface area (Å²) in [6, 6.07) is 7.77. The number of nitrogens with one attached hydrogen (secondary N) is 1. The molecule has 0 aliphatic carbocycles.